The highest BCUT2D eigenvalue weighted by Gasteiger charge is 2.35. The quantitative estimate of drug-likeness (QED) is 0.529. The molecular formula is C21H29N3O7S3. The molecule has 2 heterocycles. The predicted molar refractivity (Wildman–Crippen MR) is 130 cm³/mol. The van der Waals surface area contributed by atoms with Crippen molar-refractivity contribution in [3.05, 3.63) is 41.3 Å². The fourth-order valence-electron chi connectivity index (χ4n) is 3.63. The van der Waals surface area contributed by atoms with E-state index in [1.54, 1.807) is 18.4 Å². The molecule has 1 aromatic carbocycles. The van der Waals surface area contributed by atoms with Crippen LogP contribution in [0.3, 0.4) is 0 Å². The van der Waals surface area contributed by atoms with Crippen LogP contribution in [0, 0.1) is 5.92 Å². The molecule has 1 aliphatic rings. The van der Waals surface area contributed by atoms with Gasteiger partial charge in [0, 0.05) is 25.2 Å². The van der Waals surface area contributed by atoms with Gasteiger partial charge in [0.05, 0.1) is 31.0 Å². The van der Waals surface area contributed by atoms with E-state index in [4.69, 9.17) is 4.74 Å². The molecule has 3 atom stereocenters. The van der Waals surface area contributed by atoms with Crippen LogP contribution < -0.4 is 9.46 Å². The number of aliphatic hydroxyl groups excluding tert-OH is 1. The lowest BCUT2D eigenvalue weighted by molar-refractivity contribution is 0.0387. The van der Waals surface area contributed by atoms with E-state index in [-0.39, 0.29) is 46.8 Å². The number of benzene rings is 1. The fourth-order valence-corrected chi connectivity index (χ4v) is 6.57. The van der Waals surface area contributed by atoms with E-state index in [0.29, 0.717) is 0 Å². The average molecular weight is 532 g/mol. The van der Waals surface area contributed by atoms with Crippen LogP contribution in [-0.2, 0) is 20.0 Å². The summed E-state index contributed by atoms with van der Waals surface area (Å²) in [6.07, 6.45) is 0.387. The largest absolute Gasteiger partial charge is 0.488 e. The van der Waals surface area contributed by atoms with Gasteiger partial charge in [-0.3, -0.25) is 9.52 Å². The second-order valence-corrected chi connectivity index (χ2v) is 13.4. The van der Waals surface area contributed by atoms with Gasteiger partial charge in [-0.25, -0.2) is 16.8 Å². The molecule has 0 fully saturated rings. The maximum atomic E-state index is 13.3. The minimum Gasteiger partial charge on any atom is -0.488 e. The van der Waals surface area contributed by atoms with E-state index < -0.39 is 38.1 Å². The number of hydrogen-bond acceptors (Lipinski definition) is 8. The van der Waals surface area contributed by atoms with Crippen LogP contribution in [0.5, 0.6) is 5.75 Å². The summed E-state index contributed by atoms with van der Waals surface area (Å²) in [5.74, 6) is -0.489. The number of hydrogen-bond donors (Lipinski definition) is 2. The predicted octanol–water partition coefficient (Wildman–Crippen LogP) is 1.66. The Morgan fingerprint density at radius 2 is 2.00 bits per heavy atom. The van der Waals surface area contributed by atoms with Gasteiger partial charge in [0.25, 0.3) is 15.9 Å². The Morgan fingerprint density at radius 3 is 2.59 bits per heavy atom. The Bertz CT molecular complexity index is 1230. The molecule has 0 spiro atoms. The monoisotopic (exact) mass is 531 g/mol. The number of carbonyl (C=O) groups is 1. The molecule has 188 valence electrons. The normalized spacial score (nSPS) is 20.3. The maximum absolute atomic E-state index is 13.3. The second kappa shape index (κ2) is 10.2. The molecule has 2 N–H and O–H groups in total. The van der Waals surface area contributed by atoms with Crippen molar-refractivity contribution in [2.45, 2.75) is 30.2 Å². The lowest BCUT2D eigenvalue weighted by Crippen LogP contribution is -2.50. The van der Waals surface area contributed by atoms with Crippen molar-refractivity contribution in [2.24, 2.45) is 5.92 Å². The molecular weight excluding hydrogens is 502 g/mol. The van der Waals surface area contributed by atoms with E-state index in [0.717, 1.165) is 17.6 Å². The van der Waals surface area contributed by atoms with Crippen molar-refractivity contribution in [1.82, 2.24) is 9.21 Å². The molecule has 0 saturated carbocycles. The SMILES string of the molecule is C[C@H]1CN([C@@H](C)CO)C(=O)c2cc(NS(C)(=O)=O)ccc2O[C@@H]1CN(C)S(=O)(=O)c1cccs1. The Morgan fingerprint density at radius 1 is 1.29 bits per heavy atom. The molecule has 10 nitrogen and oxygen atoms in total. The van der Waals surface area contributed by atoms with E-state index in [2.05, 4.69) is 4.72 Å². The number of amides is 1. The number of thiophene rings is 1. The third-order valence-corrected chi connectivity index (χ3v) is 9.37. The first-order valence-corrected chi connectivity index (χ1v) is 14.7. The van der Waals surface area contributed by atoms with Gasteiger partial charge in [-0.05, 0) is 36.6 Å². The topological polar surface area (TPSA) is 133 Å². The first-order valence-electron chi connectivity index (χ1n) is 10.5. The lowest BCUT2D eigenvalue weighted by atomic mass is 9.99. The molecule has 0 saturated heterocycles. The van der Waals surface area contributed by atoms with Gasteiger partial charge in [-0.1, -0.05) is 13.0 Å². The van der Waals surface area contributed by atoms with Crippen LogP contribution in [0.25, 0.3) is 0 Å². The number of aliphatic hydroxyl groups is 1. The number of anilines is 1. The summed E-state index contributed by atoms with van der Waals surface area (Å²) in [7, 11) is -5.81. The molecule has 0 radical (unpaired) electrons. The number of fused-ring (bicyclic) bond motifs is 1. The van der Waals surface area contributed by atoms with E-state index in [1.165, 1.54) is 40.5 Å². The zero-order chi connectivity index (χ0) is 25.3. The van der Waals surface area contributed by atoms with Crippen LogP contribution in [0.2, 0.25) is 0 Å². The number of nitrogens with zero attached hydrogens (tertiary/aromatic N) is 2. The number of likely N-dealkylation sites (N-methyl/N-ethyl adjacent to an activating group) is 1. The highest BCUT2D eigenvalue weighted by molar-refractivity contribution is 7.92. The molecule has 0 unspecified atom stereocenters. The van der Waals surface area contributed by atoms with Gasteiger partial charge >= 0.3 is 0 Å². The van der Waals surface area contributed by atoms with Gasteiger partial charge in [0.15, 0.2) is 0 Å². The summed E-state index contributed by atoms with van der Waals surface area (Å²) in [5, 5.41) is 11.4. The second-order valence-electron chi connectivity index (χ2n) is 8.43. The molecule has 3 rings (SSSR count). The number of carbonyl (C=O) groups excluding carboxylic acids is 1. The zero-order valence-corrected chi connectivity index (χ0v) is 21.8. The molecule has 1 amide bonds. The summed E-state index contributed by atoms with van der Waals surface area (Å²) >= 11 is 1.12. The Kier molecular flexibility index (Phi) is 7.92. The molecule has 0 bridgehead atoms. The van der Waals surface area contributed by atoms with Crippen molar-refractivity contribution < 1.29 is 31.5 Å². The van der Waals surface area contributed by atoms with Gasteiger partial charge in [-0.15, -0.1) is 11.3 Å². The molecule has 34 heavy (non-hydrogen) atoms. The van der Waals surface area contributed by atoms with Crippen molar-refractivity contribution in [3.8, 4) is 5.75 Å². The summed E-state index contributed by atoms with van der Waals surface area (Å²) in [6.45, 7) is 3.52. The van der Waals surface area contributed by atoms with E-state index in [9.17, 15) is 26.7 Å². The Balaban J connectivity index is 1.99. The van der Waals surface area contributed by atoms with Crippen molar-refractivity contribution in [1.29, 1.82) is 0 Å². The zero-order valence-electron chi connectivity index (χ0n) is 19.3. The summed E-state index contributed by atoms with van der Waals surface area (Å²) in [4.78, 5) is 14.8. The minimum absolute atomic E-state index is 0.0275. The van der Waals surface area contributed by atoms with Crippen LogP contribution in [0.15, 0.2) is 39.9 Å². The Hall–Kier alpha value is -2.19. The number of rotatable bonds is 8. The first kappa shape index (κ1) is 26.4. The molecule has 2 aromatic rings. The number of nitrogens with one attached hydrogen (secondary N) is 1. The van der Waals surface area contributed by atoms with E-state index in [1.807, 2.05) is 6.92 Å². The lowest BCUT2D eigenvalue weighted by Gasteiger charge is -2.38. The number of sulfonamides is 2. The first-order chi connectivity index (χ1) is 15.8. The van der Waals surface area contributed by atoms with Crippen LogP contribution in [0.1, 0.15) is 24.2 Å². The molecule has 1 aliphatic heterocycles. The van der Waals surface area contributed by atoms with Crippen molar-refractivity contribution >= 4 is 43.0 Å². The van der Waals surface area contributed by atoms with E-state index >= 15 is 0 Å². The minimum atomic E-state index is -3.71. The van der Waals surface area contributed by atoms with Gasteiger partial charge in [0.2, 0.25) is 10.0 Å². The summed E-state index contributed by atoms with van der Waals surface area (Å²) < 4.78 is 59.2. The molecule has 0 aliphatic carbocycles. The summed E-state index contributed by atoms with van der Waals surface area (Å²) in [6, 6.07) is 7.03. The Labute approximate surface area is 204 Å². The highest BCUT2D eigenvalue weighted by atomic mass is 32.2. The van der Waals surface area contributed by atoms with Gasteiger partial charge in [-0.2, -0.15) is 4.31 Å². The highest BCUT2D eigenvalue weighted by Crippen LogP contribution is 2.31. The third-order valence-electron chi connectivity index (χ3n) is 5.56. The summed E-state index contributed by atoms with van der Waals surface area (Å²) in [5.41, 5.74) is 0.312. The smallest absolute Gasteiger partial charge is 0.258 e. The maximum Gasteiger partial charge on any atom is 0.258 e. The van der Waals surface area contributed by atoms with Crippen molar-refractivity contribution in [2.75, 3.05) is 37.7 Å². The van der Waals surface area contributed by atoms with Crippen molar-refractivity contribution in [3.63, 3.8) is 0 Å². The van der Waals surface area contributed by atoms with Crippen LogP contribution in [0.4, 0.5) is 5.69 Å². The third kappa shape index (κ3) is 5.89. The van der Waals surface area contributed by atoms with Crippen LogP contribution >= 0.6 is 11.3 Å². The van der Waals surface area contributed by atoms with Gasteiger partial charge < -0.3 is 14.7 Å². The van der Waals surface area contributed by atoms with Crippen LogP contribution in [-0.4, -0.2) is 82.2 Å². The molecule has 13 heteroatoms. The van der Waals surface area contributed by atoms with Gasteiger partial charge in [0.1, 0.15) is 16.1 Å². The number of ether oxygens (including phenoxy) is 1. The molecule has 1 aromatic heterocycles. The standard InChI is InChI=1S/C21H29N3O7S3/c1-14-11-24(15(2)13-25)21(26)17-10-16(22-33(4,27)28)7-8-18(17)31-19(14)12-23(3)34(29,30)20-6-5-9-32-20/h5-10,14-15,19,22,25H,11-13H2,1-4H3/t14-,15-,19+/m0/s1. The fraction of sp³-hybridized carbons (Fsp3) is 0.476. The average Bonchev–Trinajstić information content (AvgIpc) is 3.30.